The number of alkyl halides is 2. The van der Waals surface area contributed by atoms with Crippen LogP contribution < -0.4 is 10.1 Å². The third-order valence-electron chi connectivity index (χ3n) is 2.12. The van der Waals surface area contributed by atoms with Crippen LogP contribution in [0, 0.1) is 0 Å². The average molecular weight is 308 g/mol. The van der Waals surface area contributed by atoms with Gasteiger partial charge in [-0.2, -0.15) is 0 Å². The van der Waals surface area contributed by atoms with Crippen LogP contribution in [0.25, 0.3) is 0 Å². The van der Waals surface area contributed by atoms with Crippen LogP contribution in [-0.2, 0) is 6.54 Å². The van der Waals surface area contributed by atoms with Gasteiger partial charge in [0.15, 0.2) is 0 Å². The van der Waals surface area contributed by atoms with Gasteiger partial charge in [-0.3, -0.25) is 0 Å². The summed E-state index contributed by atoms with van der Waals surface area (Å²) in [6, 6.07) is 5.45. The number of rotatable bonds is 7. The van der Waals surface area contributed by atoms with E-state index in [-0.39, 0.29) is 0 Å². The van der Waals surface area contributed by atoms with E-state index < -0.39 is 13.0 Å². The van der Waals surface area contributed by atoms with Gasteiger partial charge in [-0.05, 0) is 46.6 Å². The van der Waals surface area contributed by atoms with Crippen molar-refractivity contribution in [2.75, 3.05) is 13.2 Å². The number of nitrogens with one attached hydrogen (secondary N) is 1. The summed E-state index contributed by atoms with van der Waals surface area (Å²) in [4.78, 5) is 0. The van der Waals surface area contributed by atoms with E-state index in [4.69, 9.17) is 4.74 Å². The lowest BCUT2D eigenvalue weighted by Crippen LogP contribution is -2.13. The molecule has 17 heavy (non-hydrogen) atoms. The normalized spacial score (nSPS) is 10.9. The molecule has 1 aromatic rings. The summed E-state index contributed by atoms with van der Waals surface area (Å²) in [6.45, 7) is 3.25. The van der Waals surface area contributed by atoms with Crippen molar-refractivity contribution in [3.05, 3.63) is 28.2 Å². The number of ether oxygens (including phenoxy) is 1. The first-order valence-electron chi connectivity index (χ1n) is 5.53. The van der Waals surface area contributed by atoms with E-state index in [0.29, 0.717) is 10.2 Å². The van der Waals surface area contributed by atoms with Crippen LogP contribution in [-0.4, -0.2) is 19.6 Å². The van der Waals surface area contributed by atoms with Crippen LogP contribution in [0.3, 0.4) is 0 Å². The zero-order valence-corrected chi connectivity index (χ0v) is 11.3. The van der Waals surface area contributed by atoms with E-state index >= 15 is 0 Å². The van der Waals surface area contributed by atoms with E-state index in [0.717, 1.165) is 25.1 Å². The lowest BCUT2D eigenvalue weighted by molar-refractivity contribution is 0.0815. The van der Waals surface area contributed by atoms with Crippen molar-refractivity contribution >= 4 is 15.9 Å². The van der Waals surface area contributed by atoms with Gasteiger partial charge < -0.3 is 10.1 Å². The smallest absolute Gasteiger partial charge is 0.272 e. The van der Waals surface area contributed by atoms with Gasteiger partial charge >= 0.3 is 0 Å². The van der Waals surface area contributed by atoms with Crippen molar-refractivity contribution in [2.45, 2.75) is 26.3 Å². The Morgan fingerprint density at radius 3 is 2.76 bits per heavy atom. The molecule has 0 spiro atoms. The first kappa shape index (κ1) is 14.4. The fourth-order valence-electron chi connectivity index (χ4n) is 1.33. The highest BCUT2D eigenvalue weighted by Crippen LogP contribution is 2.26. The zero-order chi connectivity index (χ0) is 12.7. The molecule has 0 atom stereocenters. The van der Waals surface area contributed by atoms with Crippen molar-refractivity contribution in [3.63, 3.8) is 0 Å². The van der Waals surface area contributed by atoms with Gasteiger partial charge in [0.2, 0.25) is 0 Å². The molecule has 0 radical (unpaired) electrons. The minimum absolute atomic E-state index is 0.449. The van der Waals surface area contributed by atoms with Crippen LogP contribution >= 0.6 is 15.9 Å². The highest BCUT2D eigenvalue weighted by Gasteiger charge is 2.07. The monoisotopic (exact) mass is 307 g/mol. The summed E-state index contributed by atoms with van der Waals surface area (Å²) < 4.78 is 29.6. The maximum atomic E-state index is 12.0. The highest BCUT2D eigenvalue weighted by atomic mass is 79.9. The minimum Gasteiger partial charge on any atom is -0.486 e. The van der Waals surface area contributed by atoms with Gasteiger partial charge in [0, 0.05) is 6.54 Å². The molecule has 0 saturated carbocycles. The Balaban J connectivity index is 2.53. The van der Waals surface area contributed by atoms with Crippen LogP contribution in [0.2, 0.25) is 0 Å². The molecular formula is C12H16BrF2NO. The van der Waals surface area contributed by atoms with E-state index in [9.17, 15) is 8.78 Å². The Morgan fingerprint density at radius 1 is 1.41 bits per heavy atom. The summed E-state index contributed by atoms with van der Waals surface area (Å²) in [5.41, 5.74) is 1.09. The van der Waals surface area contributed by atoms with Crippen molar-refractivity contribution in [3.8, 4) is 5.75 Å². The Morgan fingerprint density at radius 2 is 2.18 bits per heavy atom. The topological polar surface area (TPSA) is 21.3 Å². The maximum Gasteiger partial charge on any atom is 0.272 e. The molecule has 0 heterocycles. The van der Waals surface area contributed by atoms with E-state index in [1.165, 1.54) is 0 Å². The Hall–Kier alpha value is -0.680. The van der Waals surface area contributed by atoms with Crippen LogP contribution in [0.4, 0.5) is 8.78 Å². The molecule has 0 unspecified atom stereocenters. The predicted molar refractivity (Wildman–Crippen MR) is 67.6 cm³/mol. The molecule has 0 aliphatic heterocycles. The highest BCUT2D eigenvalue weighted by molar-refractivity contribution is 9.10. The van der Waals surface area contributed by atoms with Crippen LogP contribution in [0.5, 0.6) is 5.75 Å². The predicted octanol–water partition coefficient (Wildman–Crippen LogP) is 3.59. The molecule has 1 rings (SSSR count). The quantitative estimate of drug-likeness (QED) is 0.777. The van der Waals surface area contributed by atoms with Gasteiger partial charge in [-0.1, -0.05) is 13.0 Å². The molecule has 0 aliphatic rings. The third-order valence-corrected chi connectivity index (χ3v) is 2.74. The summed E-state index contributed by atoms with van der Waals surface area (Å²) in [5, 5.41) is 3.27. The number of hydrogen-bond donors (Lipinski definition) is 1. The fraction of sp³-hybridized carbons (Fsp3) is 0.500. The number of halogens is 3. The molecule has 5 heteroatoms. The second-order valence-corrected chi connectivity index (χ2v) is 4.50. The van der Waals surface area contributed by atoms with Gasteiger partial charge in [0.1, 0.15) is 12.4 Å². The molecule has 0 saturated heterocycles. The van der Waals surface area contributed by atoms with E-state index in [1.807, 2.05) is 12.1 Å². The van der Waals surface area contributed by atoms with Crippen molar-refractivity contribution < 1.29 is 13.5 Å². The minimum atomic E-state index is -2.45. The molecular weight excluding hydrogens is 292 g/mol. The third kappa shape index (κ3) is 5.46. The standard InChI is InChI=1S/C12H16BrF2NO/c1-2-5-16-7-9-3-4-11(10(13)6-9)17-8-12(14)15/h3-4,6,12,16H,2,5,7-8H2,1H3. The maximum absolute atomic E-state index is 12.0. The summed E-state index contributed by atoms with van der Waals surface area (Å²) in [6.07, 6.45) is -1.37. The largest absolute Gasteiger partial charge is 0.486 e. The first-order valence-corrected chi connectivity index (χ1v) is 6.33. The van der Waals surface area contributed by atoms with Crippen LogP contribution in [0.1, 0.15) is 18.9 Å². The number of benzene rings is 1. The van der Waals surface area contributed by atoms with Crippen LogP contribution in [0.15, 0.2) is 22.7 Å². The van der Waals surface area contributed by atoms with Crippen molar-refractivity contribution in [1.29, 1.82) is 0 Å². The van der Waals surface area contributed by atoms with Gasteiger partial charge in [0.25, 0.3) is 6.43 Å². The lowest BCUT2D eigenvalue weighted by Gasteiger charge is -2.09. The van der Waals surface area contributed by atoms with Gasteiger partial charge in [0.05, 0.1) is 4.47 Å². The molecule has 2 nitrogen and oxygen atoms in total. The Kier molecular flexibility index (Phi) is 6.44. The van der Waals surface area contributed by atoms with Crippen molar-refractivity contribution in [1.82, 2.24) is 5.32 Å². The molecule has 0 amide bonds. The summed E-state index contributed by atoms with van der Waals surface area (Å²) in [7, 11) is 0. The van der Waals surface area contributed by atoms with E-state index in [1.54, 1.807) is 6.07 Å². The zero-order valence-electron chi connectivity index (χ0n) is 9.68. The molecule has 0 aliphatic carbocycles. The fourth-order valence-corrected chi connectivity index (χ4v) is 1.87. The summed E-state index contributed by atoms with van der Waals surface area (Å²) in [5.74, 6) is 0.449. The SMILES string of the molecule is CCCNCc1ccc(OCC(F)F)c(Br)c1. The molecule has 0 aromatic heterocycles. The molecule has 0 bridgehead atoms. The lowest BCUT2D eigenvalue weighted by atomic mass is 10.2. The second-order valence-electron chi connectivity index (χ2n) is 3.64. The number of hydrogen-bond acceptors (Lipinski definition) is 2. The molecule has 0 fully saturated rings. The first-order chi connectivity index (χ1) is 8.13. The Labute approximate surface area is 108 Å². The summed E-state index contributed by atoms with van der Waals surface area (Å²) >= 11 is 3.31. The van der Waals surface area contributed by atoms with Gasteiger partial charge in [-0.25, -0.2) is 8.78 Å². The second kappa shape index (κ2) is 7.61. The van der Waals surface area contributed by atoms with Crippen molar-refractivity contribution in [2.24, 2.45) is 0 Å². The molecule has 1 aromatic carbocycles. The van der Waals surface area contributed by atoms with Gasteiger partial charge in [-0.15, -0.1) is 0 Å². The Bertz CT molecular complexity index is 347. The molecule has 1 N–H and O–H groups in total. The average Bonchev–Trinajstić information content (AvgIpc) is 2.28. The van der Waals surface area contributed by atoms with E-state index in [2.05, 4.69) is 28.2 Å². The molecule has 96 valence electrons.